The van der Waals surface area contributed by atoms with Crippen LogP contribution in [0.4, 0.5) is 16.2 Å². The van der Waals surface area contributed by atoms with Crippen molar-refractivity contribution in [2.45, 2.75) is 0 Å². The van der Waals surface area contributed by atoms with Gasteiger partial charge in [0.25, 0.3) is 0 Å². The first-order valence-electron chi connectivity index (χ1n) is 7.28. The molecule has 1 heterocycles. The van der Waals surface area contributed by atoms with Gasteiger partial charge in [0.15, 0.2) is 0 Å². The van der Waals surface area contributed by atoms with Gasteiger partial charge in [-0.2, -0.15) is 0 Å². The van der Waals surface area contributed by atoms with Crippen LogP contribution in [0.15, 0.2) is 48.5 Å². The largest absolute Gasteiger partial charge is 0.435 e. The highest BCUT2D eigenvalue weighted by atomic mass is 31.2. The zero-order valence-corrected chi connectivity index (χ0v) is 14.2. The highest BCUT2D eigenvalue weighted by Gasteiger charge is 2.35. The Hall–Kier alpha value is -2.40. The second-order valence-corrected chi connectivity index (χ2v) is 7.21. The lowest BCUT2D eigenvalue weighted by Crippen LogP contribution is -2.37. The van der Waals surface area contributed by atoms with Crippen LogP contribution in [0.2, 0.25) is 0 Å². The van der Waals surface area contributed by atoms with Crippen molar-refractivity contribution < 1.29 is 18.8 Å². The van der Waals surface area contributed by atoms with Gasteiger partial charge in [-0.3, -0.25) is 9.42 Å². The summed E-state index contributed by atoms with van der Waals surface area (Å²) in [4.78, 5) is 24.3. The van der Waals surface area contributed by atoms with Crippen LogP contribution in [0.3, 0.4) is 0 Å². The summed E-state index contributed by atoms with van der Waals surface area (Å²) >= 11 is 0. The lowest BCUT2D eigenvalue weighted by atomic mass is 10.1. The third kappa shape index (κ3) is 2.76. The molecule has 6 nitrogen and oxygen atoms in total. The summed E-state index contributed by atoms with van der Waals surface area (Å²) in [7, 11) is -1.86. The number of para-hydroxylation sites is 2. The number of nitrogens with zero attached hydrogens (tertiary/aromatic N) is 2. The fraction of sp³-hybridized carbons (Fsp3) is 0.118. The predicted molar refractivity (Wildman–Crippen MR) is 93.9 cm³/mol. The average molecular weight is 344 g/mol. The standard InChI is InChI=1S/C17H17N2O4P/c1-18(24(21,22)23-2)17(20)19-15-9-5-3-7-13(15)11-12-14-8-4-6-10-16(14)19/h3-12H,1-2H3,(H,21,22). The summed E-state index contributed by atoms with van der Waals surface area (Å²) in [6.45, 7) is 0. The van der Waals surface area contributed by atoms with E-state index in [-0.39, 0.29) is 0 Å². The number of hydrogen-bond donors (Lipinski definition) is 1. The maximum Gasteiger partial charge on any atom is 0.435 e. The van der Waals surface area contributed by atoms with Gasteiger partial charge in [-0.05, 0) is 23.3 Å². The molecule has 2 amide bonds. The van der Waals surface area contributed by atoms with Crippen LogP contribution in [0.25, 0.3) is 12.2 Å². The Balaban J connectivity index is 2.18. The number of urea groups is 1. The lowest BCUT2D eigenvalue weighted by molar-refractivity contribution is 0.217. The van der Waals surface area contributed by atoms with Crippen LogP contribution in [0, 0.1) is 0 Å². The van der Waals surface area contributed by atoms with Crippen molar-refractivity contribution in [3.8, 4) is 0 Å². The number of rotatable bonds is 2. The molecule has 1 aliphatic rings. The van der Waals surface area contributed by atoms with E-state index in [4.69, 9.17) is 0 Å². The third-order valence-corrected chi connectivity index (χ3v) is 5.29. The molecule has 0 aliphatic carbocycles. The maximum absolute atomic E-state index is 13.0. The van der Waals surface area contributed by atoms with E-state index in [2.05, 4.69) is 4.52 Å². The van der Waals surface area contributed by atoms with Crippen molar-refractivity contribution in [1.29, 1.82) is 0 Å². The van der Waals surface area contributed by atoms with E-state index in [1.807, 2.05) is 48.6 Å². The molecule has 7 heteroatoms. The van der Waals surface area contributed by atoms with E-state index in [0.29, 0.717) is 11.4 Å². The Morgan fingerprint density at radius 3 is 1.96 bits per heavy atom. The van der Waals surface area contributed by atoms with Crippen LogP contribution in [0.5, 0.6) is 0 Å². The average Bonchev–Trinajstić information content (AvgIpc) is 2.77. The van der Waals surface area contributed by atoms with Gasteiger partial charge in [0, 0.05) is 14.2 Å². The molecule has 0 aromatic heterocycles. The summed E-state index contributed by atoms with van der Waals surface area (Å²) in [6, 6.07) is 14.1. The molecule has 1 atom stereocenters. The number of benzene rings is 2. The van der Waals surface area contributed by atoms with Crippen molar-refractivity contribution in [3.05, 3.63) is 59.7 Å². The Labute approximate surface area is 140 Å². The normalized spacial score (nSPS) is 15.0. The minimum absolute atomic E-state index is 0.631. The topological polar surface area (TPSA) is 70.1 Å². The van der Waals surface area contributed by atoms with E-state index in [0.717, 1.165) is 22.9 Å². The first kappa shape index (κ1) is 16.5. The quantitative estimate of drug-likeness (QED) is 0.833. The number of hydrogen-bond acceptors (Lipinski definition) is 3. The second kappa shape index (κ2) is 6.24. The maximum atomic E-state index is 13.0. The first-order valence-corrected chi connectivity index (χ1v) is 8.81. The molecule has 24 heavy (non-hydrogen) atoms. The minimum Gasteiger partial charge on any atom is -0.308 e. The summed E-state index contributed by atoms with van der Waals surface area (Å²) in [6.07, 6.45) is 3.83. The van der Waals surface area contributed by atoms with Crippen LogP contribution >= 0.6 is 7.75 Å². The number of fused-ring (bicyclic) bond motifs is 2. The molecule has 0 bridgehead atoms. The second-order valence-electron chi connectivity index (χ2n) is 5.27. The molecule has 1 N–H and O–H groups in total. The van der Waals surface area contributed by atoms with E-state index in [9.17, 15) is 14.3 Å². The molecule has 1 unspecified atom stereocenters. The fourth-order valence-corrected chi connectivity index (χ4v) is 3.11. The summed E-state index contributed by atoms with van der Waals surface area (Å²) in [5, 5.41) is 0. The first-order chi connectivity index (χ1) is 11.5. The molecular formula is C17H17N2O4P. The number of amides is 2. The summed E-state index contributed by atoms with van der Waals surface area (Å²) < 4.78 is 17.4. The van der Waals surface area contributed by atoms with Crippen molar-refractivity contribution in [3.63, 3.8) is 0 Å². The Morgan fingerprint density at radius 2 is 1.50 bits per heavy atom. The van der Waals surface area contributed by atoms with Crippen LogP contribution < -0.4 is 4.90 Å². The molecule has 0 saturated heterocycles. The van der Waals surface area contributed by atoms with Gasteiger partial charge in [-0.15, -0.1) is 0 Å². The van der Waals surface area contributed by atoms with Crippen LogP contribution in [-0.4, -0.2) is 29.8 Å². The van der Waals surface area contributed by atoms with Crippen LogP contribution in [0.1, 0.15) is 11.1 Å². The summed E-state index contributed by atoms with van der Waals surface area (Å²) in [5.74, 6) is 0. The molecule has 0 spiro atoms. The molecular weight excluding hydrogens is 327 g/mol. The molecule has 0 saturated carbocycles. The SMILES string of the molecule is COP(=O)(O)N(C)C(=O)N1c2ccccc2C=Cc2ccccc21. The van der Waals surface area contributed by atoms with Gasteiger partial charge in [-0.1, -0.05) is 48.6 Å². The molecule has 0 fully saturated rings. The Morgan fingerprint density at radius 1 is 1.04 bits per heavy atom. The molecule has 2 aromatic carbocycles. The van der Waals surface area contributed by atoms with Gasteiger partial charge in [0.2, 0.25) is 0 Å². The van der Waals surface area contributed by atoms with Crippen molar-refractivity contribution >= 4 is 37.3 Å². The Bertz CT molecular complexity index is 816. The van der Waals surface area contributed by atoms with E-state index in [1.54, 1.807) is 12.1 Å². The highest BCUT2D eigenvalue weighted by molar-refractivity contribution is 7.51. The van der Waals surface area contributed by atoms with Crippen molar-refractivity contribution in [2.24, 2.45) is 0 Å². The molecule has 0 radical (unpaired) electrons. The lowest BCUT2D eigenvalue weighted by Gasteiger charge is -2.30. The minimum atomic E-state index is -4.20. The van der Waals surface area contributed by atoms with Gasteiger partial charge in [0.1, 0.15) is 0 Å². The molecule has 3 rings (SSSR count). The van der Waals surface area contributed by atoms with Gasteiger partial charge in [0.05, 0.1) is 11.4 Å². The van der Waals surface area contributed by atoms with Gasteiger partial charge >= 0.3 is 13.8 Å². The smallest absolute Gasteiger partial charge is 0.308 e. The van der Waals surface area contributed by atoms with Gasteiger partial charge < -0.3 is 4.89 Å². The summed E-state index contributed by atoms with van der Waals surface area (Å²) in [5.41, 5.74) is 2.93. The fourth-order valence-electron chi connectivity index (χ4n) is 2.55. The third-order valence-electron chi connectivity index (χ3n) is 3.88. The molecule has 124 valence electrons. The van der Waals surface area contributed by atoms with E-state index in [1.165, 1.54) is 11.9 Å². The number of carbonyl (C=O) groups is 1. The van der Waals surface area contributed by atoms with Gasteiger partial charge in [-0.25, -0.2) is 14.0 Å². The highest BCUT2D eigenvalue weighted by Crippen LogP contribution is 2.46. The zero-order chi connectivity index (χ0) is 17.3. The predicted octanol–water partition coefficient (Wildman–Crippen LogP) is 4.11. The Kier molecular flexibility index (Phi) is 4.28. The van der Waals surface area contributed by atoms with Crippen molar-refractivity contribution in [2.75, 3.05) is 19.1 Å². The molecule has 2 aromatic rings. The van der Waals surface area contributed by atoms with E-state index < -0.39 is 13.8 Å². The number of anilines is 2. The molecule has 1 aliphatic heterocycles. The number of carbonyl (C=O) groups excluding carboxylic acids is 1. The van der Waals surface area contributed by atoms with Crippen molar-refractivity contribution in [1.82, 2.24) is 4.67 Å². The monoisotopic (exact) mass is 344 g/mol. The zero-order valence-electron chi connectivity index (χ0n) is 13.3. The van der Waals surface area contributed by atoms with E-state index >= 15 is 0 Å². The van der Waals surface area contributed by atoms with Crippen LogP contribution in [-0.2, 0) is 9.09 Å².